The van der Waals surface area contributed by atoms with Crippen LogP contribution in [0.1, 0.15) is 19.4 Å². The van der Waals surface area contributed by atoms with Crippen molar-refractivity contribution < 1.29 is 18.3 Å². The molecule has 3 rings (SSSR count). The van der Waals surface area contributed by atoms with Crippen molar-refractivity contribution >= 4 is 33.4 Å². The Kier molecular flexibility index (Phi) is 7.11. The van der Waals surface area contributed by atoms with E-state index in [1.807, 2.05) is 19.9 Å². The SMILES string of the molecule is CC(C)[C@H](CO)Nc1nc(Nc2ccc(C(F)(F)F)cc2Br)cc(-c2cccnc2)n1. The van der Waals surface area contributed by atoms with Crippen molar-refractivity contribution in [3.05, 3.63) is 58.8 Å². The molecule has 2 aromatic heterocycles. The lowest BCUT2D eigenvalue weighted by Gasteiger charge is -2.21. The van der Waals surface area contributed by atoms with E-state index in [9.17, 15) is 18.3 Å². The molecule has 164 valence electrons. The number of benzene rings is 1. The zero-order valence-corrected chi connectivity index (χ0v) is 18.4. The summed E-state index contributed by atoms with van der Waals surface area (Å²) < 4.78 is 39.1. The summed E-state index contributed by atoms with van der Waals surface area (Å²) in [5.74, 6) is 0.771. The van der Waals surface area contributed by atoms with Crippen LogP contribution in [0.15, 0.2) is 53.3 Å². The summed E-state index contributed by atoms with van der Waals surface area (Å²) in [6, 6.07) is 8.35. The summed E-state index contributed by atoms with van der Waals surface area (Å²) in [6.07, 6.45) is -1.14. The van der Waals surface area contributed by atoms with Crippen LogP contribution in [-0.4, -0.2) is 32.7 Å². The maximum absolute atomic E-state index is 12.9. The second-order valence-electron chi connectivity index (χ2n) is 7.20. The second-order valence-corrected chi connectivity index (χ2v) is 8.05. The average Bonchev–Trinajstić information content (AvgIpc) is 2.73. The van der Waals surface area contributed by atoms with E-state index in [-0.39, 0.29) is 29.0 Å². The Morgan fingerprint density at radius 2 is 1.90 bits per heavy atom. The van der Waals surface area contributed by atoms with Gasteiger partial charge in [-0.25, -0.2) is 4.98 Å². The van der Waals surface area contributed by atoms with E-state index in [0.29, 0.717) is 17.2 Å². The quantitative estimate of drug-likeness (QED) is 0.401. The molecular formula is C21H21BrF3N5O. The smallest absolute Gasteiger partial charge is 0.394 e. The van der Waals surface area contributed by atoms with Gasteiger partial charge in [0.1, 0.15) is 5.82 Å². The Hall–Kier alpha value is -2.72. The number of aliphatic hydroxyl groups is 1. The largest absolute Gasteiger partial charge is 0.416 e. The van der Waals surface area contributed by atoms with E-state index in [0.717, 1.165) is 17.7 Å². The van der Waals surface area contributed by atoms with Crippen LogP contribution in [-0.2, 0) is 6.18 Å². The highest BCUT2D eigenvalue weighted by atomic mass is 79.9. The molecule has 0 saturated carbocycles. The summed E-state index contributed by atoms with van der Waals surface area (Å²) in [6.45, 7) is 3.81. The molecule has 3 N–H and O–H groups in total. The number of hydrogen-bond acceptors (Lipinski definition) is 6. The first-order valence-corrected chi connectivity index (χ1v) is 10.3. The minimum Gasteiger partial charge on any atom is -0.394 e. The number of rotatable bonds is 7. The topological polar surface area (TPSA) is 83.0 Å². The van der Waals surface area contributed by atoms with Gasteiger partial charge in [-0.05, 0) is 52.2 Å². The molecule has 6 nitrogen and oxygen atoms in total. The Balaban J connectivity index is 1.98. The molecule has 1 aromatic carbocycles. The molecule has 1 atom stereocenters. The van der Waals surface area contributed by atoms with E-state index in [1.165, 1.54) is 6.07 Å². The minimum absolute atomic E-state index is 0.106. The van der Waals surface area contributed by atoms with E-state index in [4.69, 9.17) is 0 Å². The predicted molar refractivity (Wildman–Crippen MR) is 117 cm³/mol. The molecule has 2 heterocycles. The van der Waals surface area contributed by atoms with Crippen molar-refractivity contribution in [2.75, 3.05) is 17.2 Å². The van der Waals surface area contributed by atoms with E-state index < -0.39 is 11.7 Å². The van der Waals surface area contributed by atoms with Gasteiger partial charge < -0.3 is 15.7 Å². The maximum atomic E-state index is 12.9. The first kappa shape index (κ1) is 23.0. The normalized spacial score (nSPS) is 12.6. The first-order chi connectivity index (χ1) is 14.7. The molecule has 0 spiro atoms. The summed E-state index contributed by atoms with van der Waals surface area (Å²) >= 11 is 3.19. The zero-order chi connectivity index (χ0) is 22.6. The van der Waals surface area contributed by atoms with E-state index in [1.54, 1.807) is 24.5 Å². The van der Waals surface area contributed by atoms with Gasteiger partial charge in [-0.1, -0.05) is 13.8 Å². The molecule has 0 bridgehead atoms. The van der Waals surface area contributed by atoms with Crippen molar-refractivity contribution in [1.29, 1.82) is 0 Å². The van der Waals surface area contributed by atoms with Crippen molar-refractivity contribution in [2.24, 2.45) is 5.92 Å². The molecule has 0 aliphatic heterocycles. The third kappa shape index (κ3) is 5.92. The Morgan fingerprint density at radius 3 is 2.48 bits per heavy atom. The predicted octanol–water partition coefficient (Wildman–Crippen LogP) is 5.49. The number of aliphatic hydroxyl groups excluding tert-OH is 1. The molecule has 0 saturated heterocycles. The molecule has 10 heteroatoms. The molecule has 0 amide bonds. The lowest BCUT2D eigenvalue weighted by atomic mass is 10.1. The van der Waals surface area contributed by atoms with Gasteiger partial charge in [-0.15, -0.1) is 0 Å². The number of anilines is 3. The van der Waals surface area contributed by atoms with Gasteiger partial charge in [-0.2, -0.15) is 18.2 Å². The van der Waals surface area contributed by atoms with Crippen LogP contribution < -0.4 is 10.6 Å². The van der Waals surface area contributed by atoms with Crippen LogP contribution in [0.3, 0.4) is 0 Å². The Morgan fingerprint density at radius 1 is 1.13 bits per heavy atom. The first-order valence-electron chi connectivity index (χ1n) is 9.48. The van der Waals surface area contributed by atoms with Crippen LogP contribution in [0.25, 0.3) is 11.3 Å². The van der Waals surface area contributed by atoms with E-state index in [2.05, 4.69) is 41.5 Å². The summed E-state index contributed by atoms with van der Waals surface area (Å²) in [5, 5.41) is 15.8. The van der Waals surface area contributed by atoms with Crippen molar-refractivity contribution in [3.8, 4) is 11.3 Å². The number of alkyl halides is 3. The standard InChI is InChI=1S/C21H21BrF3N5O/c1-12(2)18(11-31)29-20-28-17(13-4-3-7-26-10-13)9-19(30-20)27-16-6-5-14(8-15(16)22)21(23,24)25/h3-10,12,18,31H,11H2,1-2H3,(H2,27,28,29,30)/t18-/m0/s1. The fraction of sp³-hybridized carbons (Fsp3) is 0.286. The second kappa shape index (κ2) is 9.61. The Labute approximate surface area is 186 Å². The summed E-state index contributed by atoms with van der Waals surface area (Å²) in [7, 11) is 0. The van der Waals surface area contributed by atoms with Crippen molar-refractivity contribution in [1.82, 2.24) is 15.0 Å². The van der Waals surface area contributed by atoms with Gasteiger partial charge in [0.25, 0.3) is 0 Å². The highest BCUT2D eigenvalue weighted by Crippen LogP contribution is 2.35. The lowest BCUT2D eigenvalue weighted by molar-refractivity contribution is -0.137. The van der Waals surface area contributed by atoms with Gasteiger partial charge in [0.05, 0.1) is 29.6 Å². The number of nitrogens with one attached hydrogen (secondary N) is 2. The monoisotopic (exact) mass is 495 g/mol. The number of aromatic nitrogens is 3. The van der Waals surface area contributed by atoms with Crippen LogP contribution in [0.5, 0.6) is 0 Å². The Bertz CT molecular complexity index is 1030. The molecule has 0 fully saturated rings. The van der Waals surface area contributed by atoms with Gasteiger partial charge >= 0.3 is 6.18 Å². The molecule has 0 aliphatic rings. The highest BCUT2D eigenvalue weighted by Gasteiger charge is 2.30. The number of nitrogens with zero attached hydrogens (tertiary/aromatic N) is 3. The average molecular weight is 496 g/mol. The van der Waals surface area contributed by atoms with Gasteiger partial charge in [0, 0.05) is 28.5 Å². The third-order valence-corrected chi connectivity index (χ3v) is 5.21. The molecule has 0 radical (unpaired) electrons. The molecule has 3 aromatic rings. The maximum Gasteiger partial charge on any atom is 0.416 e. The lowest BCUT2D eigenvalue weighted by Crippen LogP contribution is -2.30. The van der Waals surface area contributed by atoms with Gasteiger partial charge in [0.15, 0.2) is 0 Å². The fourth-order valence-corrected chi connectivity index (χ4v) is 3.24. The van der Waals surface area contributed by atoms with Crippen LogP contribution in [0, 0.1) is 5.92 Å². The fourth-order valence-electron chi connectivity index (χ4n) is 2.76. The summed E-state index contributed by atoms with van der Waals surface area (Å²) in [4.78, 5) is 13.0. The van der Waals surface area contributed by atoms with Crippen LogP contribution in [0.2, 0.25) is 0 Å². The van der Waals surface area contributed by atoms with E-state index >= 15 is 0 Å². The zero-order valence-electron chi connectivity index (χ0n) is 16.8. The van der Waals surface area contributed by atoms with Crippen molar-refractivity contribution in [3.63, 3.8) is 0 Å². The third-order valence-electron chi connectivity index (χ3n) is 4.56. The molecule has 0 aliphatic carbocycles. The minimum atomic E-state index is -4.43. The van der Waals surface area contributed by atoms with Crippen LogP contribution >= 0.6 is 15.9 Å². The number of hydrogen-bond donors (Lipinski definition) is 3. The van der Waals surface area contributed by atoms with Gasteiger partial charge in [-0.3, -0.25) is 4.98 Å². The number of pyridine rings is 1. The van der Waals surface area contributed by atoms with Gasteiger partial charge in [0.2, 0.25) is 5.95 Å². The highest BCUT2D eigenvalue weighted by molar-refractivity contribution is 9.10. The molecule has 0 unspecified atom stereocenters. The molecule has 31 heavy (non-hydrogen) atoms. The number of halogens is 4. The van der Waals surface area contributed by atoms with Crippen molar-refractivity contribution in [2.45, 2.75) is 26.1 Å². The van der Waals surface area contributed by atoms with Crippen LogP contribution in [0.4, 0.5) is 30.6 Å². The summed E-state index contributed by atoms with van der Waals surface area (Å²) in [5.41, 5.74) is 0.968. The molecular weight excluding hydrogens is 475 g/mol.